The summed E-state index contributed by atoms with van der Waals surface area (Å²) < 4.78 is 26.2. The quantitative estimate of drug-likeness (QED) is 0.875. The Morgan fingerprint density at radius 1 is 1.44 bits per heavy atom. The Morgan fingerprint density at radius 2 is 2.22 bits per heavy atom. The summed E-state index contributed by atoms with van der Waals surface area (Å²) >= 11 is 2.08. The van der Waals surface area contributed by atoms with Gasteiger partial charge >= 0.3 is 5.97 Å². The van der Waals surface area contributed by atoms with Gasteiger partial charge in [-0.2, -0.15) is 0 Å². The van der Waals surface area contributed by atoms with E-state index in [0.717, 1.165) is 41.3 Å². The van der Waals surface area contributed by atoms with Gasteiger partial charge in [0.05, 0.1) is 5.69 Å². The molecule has 0 saturated carbocycles. The van der Waals surface area contributed by atoms with Crippen LogP contribution in [-0.4, -0.2) is 16.1 Å². The number of hydrogen-bond donors (Lipinski definition) is 1. The number of aromatic nitrogens is 1. The van der Waals surface area contributed by atoms with Crippen molar-refractivity contribution in [1.82, 2.24) is 4.98 Å². The van der Waals surface area contributed by atoms with E-state index in [1.165, 1.54) is 0 Å². The molecule has 18 heavy (non-hydrogen) atoms. The molecule has 0 saturated heterocycles. The van der Waals surface area contributed by atoms with E-state index < -0.39 is 17.6 Å². The van der Waals surface area contributed by atoms with E-state index in [2.05, 4.69) is 4.98 Å². The molecule has 2 aromatic rings. The summed E-state index contributed by atoms with van der Waals surface area (Å²) in [6.07, 6.45) is 0. The van der Waals surface area contributed by atoms with Gasteiger partial charge in [-0.25, -0.2) is 18.6 Å². The maximum absolute atomic E-state index is 13.3. The molecule has 1 aromatic heterocycles. The molecule has 1 heterocycles. The lowest BCUT2D eigenvalue weighted by Gasteiger charge is -2.01. The van der Waals surface area contributed by atoms with Crippen molar-refractivity contribution < 1.29 is 18.7 Å². The van der Waals surface area contributed by atoms with Crippen LogP contribution in [0, 0.1) is 11.6 Å². The van der Waals surface area contributed by atoms with Crippen molar-refractivity contribution in [2.45, 2.75) is 10.6 Å². The van der Waals surface area contributed by atoms with Crippen LogP contribution in [0.2, 0.25) is 0 Å². The Kier molecular flexibility index (Phi) is 3.93. The van der Waals surface area contributed by atoms with Crippen LogP contribution in [0.25, 0.3) is 0 Å². The monoisotopic (exact) mass is 287 g/mol. The highest BCUT2D eigenvalue weighted by Gasteiger charge is 2.10. The lowest BCUT2D eigenvalue weighted by atomic mass is 10.3. The molecule has 2 rings (SSSR count). The number of thiazole rings is 1. The largest absolute Gasteiger partial charge is 0.476 e. The molecular weight excluding hydrogens is 280 g/mol. The standard InChI is InChI=1S/C11H7F2NO2S2/c12-6-1-2-8(13)9(3-6)17-4-7-5-18-10(14-7)11(15)16/h1-3,5H,4H2,(H,15,16). The smallest absolute Gasteiger partial charge is 0.365 e. The van der Waals surface area contributed by atoms with Crippen LogP contribution in [0.3, 0.4) is 0 Å². The van der Waals surface area contributed by atoms with Crippen molar-refractivity contribution in [2.75, 3.05) is 0 Å². The summed E-state index contributed by atoms with van der Waals surface area (Å²) in [7, 11) is 0. The van der Waals surface area contributed by atoms with Crippen molar-refractivity contribution in [2.24, 2.45) is 0 Å². The zero-order chi connectivity index (χ0) is 13.1. The summed E-state index contributed by atoms with van der Waals surface area (Å²) in [6, 6.07) is 3.20. The van der Waals surface area contributed by atoms with Gasteiger partial charge in [-0.05, 0) is 18.2 Å². The number of carboxylic acid groups (broad SMARTS) is 1. The Morgan fingerprint density at radius 3 is 2.89 bits per heavy atom. The second-order valence-corrected chi connectivity index (χ2v) is 5.19. The van der Waals surface area contributed by atoms with Gasteiger partial charge < -0.3 is 5.11 Å². The third kappa shape index (κ3) is 3.05. The molecule has 0 radical (unpaired) electrons. The van der Waals surface area contributed by atoms with Gasteiger partial charge in [0.15, 0.2) is 0 Å². The second kappa shape index (κ2) is 5.45. The van der Waals surface area contributed by atoms with Crippen molar-refractivity contribution in [3.63, 3.8) is 0 Å². The second-order valence-electron chi connectivity index (χ2n) is 3.31. The lowest BCUT2D eigenvalue weighted by molar-refractivity contribution is 0.0696. The first kappa shape index (κ1) is 13.0. The van der Waals surface area contributed by atoms with E-state index in [1.54, 1.807) is 5.38 Å². The predicted octanol–water partition coefficient (Wildman–Crippen LogP) is 3.41. The van der Waals surface area contributed by atoms with Crippen LogP contribution in [0.1, 0.15) is 15.5 Å². The van der Waals surface area contributed by atoms with Crippen LogP contribution in [-0.2, 0) is 5.75 Å². The highest BCUT2D eigenvalue weighted by molar-refractivity contribution is 7.98. The van der Waals surface area contributed by atoms with Crippen LogP contribution in [0.4, 0.5) is 8.78 Å². The van der Waals surface area contributed by atoms with Gasteiger partial charge in [0.25, 0.3) is 0 Å². The molecule has 0 fully saturated rings. The van der Waals surface area contributed by atoms with Gasteiger partial charge in [0.2, 0.25) is 5.01 Å². The fourth-order valence-corrected chi connectivity index (χ4v) is 2.82. The van der Waals surface area contributed by atoms with E-state index in [0.29, 0.717) is 11.4 Å². The number of nitrogens with zero attached hydrogens (tertiary/aromatic N) is 1. The maximum Gasteiger partial charge on any atom is 0.365 e. The SMILES string of the molecule is O=C(O)c1nc(CSc2cc(F)ccc2F)cs1. The highest BCUT2D eigenvalue weighted by Crippen LogP contribution is 2.26. The van der Waals surface area contributed by atoms with Gasteiger partial charge in [-0.15, -0.1) is 23.1 Å². The Labute approximate surface area is 109 Å². The molecule has 7 heteroatoms. The first-order valence-electron chi connectivity index (χ1n) is 4.82. The van der Waals surface area contributed by atoms with Crippen LogP contribution in [0.15, 0.2) is 28.5 Å². The van der Waals surface area contributed by atoms with Crippen molar-refractivity contribution in [3.8, 4) is 0 Å². The topological polar surface area (TPSA) is 50.2 Å². The molecule has 0 spiro atoms. The Hall–Kier alpha value is -1.47. The normalized spacial score (nSPS) is 10.6. The molecule has 0 aliphatic heterocycles. The molecule has 3 nitrogen and oxygen atoms in total. The molecule has 1 aromatic carbocycles. The minimum absolute atomic E-state index is 0.00897. The molecule has 0 atom stereocenters. The molecule has 0 aliphatic carbocycles. The fourth-order valence-electron chi connectivity index (χ4n) is 1.21. The number of aromatic carboxylic acids is 1. The third-order valence-electron chi connectivity index (χ3n) is 2.00. The van der Waals surface area contributed by atoms with Gasteiger partial charge in [-0.1, -0.05) is 0 Å². The summed E-state index contributed by atoms with van der Waals surface area (Å²) in [6.45, 7) is 0. The fraction of sp³-hybridized carbons (Fsp3) is 0.0909. The van der Waals surface area contributed by atoms with Gasteiger partial charge in [0, 0.05) is 16.0 Å². The van der Waals surface area contributed by atoms with E-state index in [9.17, 15) is 13.6 Å². The molecule has 1 N–H and O–H groups in total. The number of hydrogen-bond acceptors (Lipinski definition) is 4. The van der Waals surface area contributed by atoms with Crippen molar-refractivity contribution >= 4 is 29.1 Å². The first-order valence-corrected chi connectivity index (χ1v) is 6.68. The van der Waals surface area contributed by atoms with Gasteiger partial charge in [-0.3, -0.25) is 0 Å². The zero-order valence-corrected chi connectivity index (χ0v) is 10.5. The van der Waals surface area contributed by atoms with E-state index >= 15 is 0 Å². The third-order valence-corrected chi connectivity index (χ3v) is 3.95. The summed E-state index contributed by atoms with van der Waals surface area (Å²) in [5.74, 6) is -1.81. The van der Waals surface area contributed by atoms with E-state index in [1.807, 2.05) is 0 Å². The molecular formula is C11H7F2NO2S2. The van der Waals surface area contributed by atoms with Crippen LogP contribution >= 0.6 is 23.1 Å². The number of carbonyl (C=O) groups is 1. The summed E-state index contributed by atoms with van der Waals surface area (Å²) in [4.78, 5) is 14.7. The maximum atomic E-state index is 13.3. The van der Waals surface area contributed by atoms with Crippen molar-refractivity contribution in [1.29, 1.82) is 0 Å². The lowest BCUT2D eigenvalue weighted by Crippen LogP contribution is -1.95. The Balaban J connectivity index is 2.06. The zero-order valence-electron chi connectivity index (χ0n) is 8.89. The highest BCUT2D eigenvalue weighted by atomic mass is 32.2. The number of rotatable bonds is 4. The number of benzene rings is 1. The first-order chi connectivity index (χ1) is 8.56. The molecule has 94 valence electrons. The average molecular weight is 287 g/mol. The Bertz CT molecular complexity index is 586. The summed E-state index contributed by atoms with van der Waals surface area (Å²) in [5.41, 5.74) is 0.533. The minimum Gasteiger partial charge on any atom is -0.476 e. The number of carboxylic acids is 1. The minimum atomic E-state index is -1.09. The predicted molar refractivity (Wildman–Crippen MR) is 65.0 cm³/mol. The number of halogens is 2. The molecule has 0 unspecified atom stereocenters. The van der Waals surface area contributed by atoms with E-state index in [-0.39, 0.29) is 9.90 Å². The molecule has 0 amide bonds. The van der Waals surface area contributed by atoms with Crippen molar-refractivity contribution in [3.05, 3.63) is 45.9 Å². The molecule has 0 aliphatic rings. The number of thioether (sulfide) groups is 1. The van der Waals surface area contributed by atoms with Crippen LogP contribution in [0.5, 0.6) is 0 Å². The average Bonchev–Trinajstić information content (AvgIpc) is 2.79. The van der Waals surface area contributed by atoms with E-state index in [4.69, 9.17) is 5.11 Å². The molecule has 0 bridgehead atoms. The summed E-state index contributed by atoms with van der Waals surface area (Å²) in [5, 5.41) is 10.3. The van der Waals surface area contributed by atoms with Crippen LogP contribution < -0.4 is 0 Å². The van der Waals surface area contributed by atoms with Gasteiger partial charge in [0.1, 0.15) is 11.6 Å².